The fraction of sp³-hybridized carbons (Fsp3) is 0.308. The minimum absolute atomic E-state index is 0.0995. The molecule has 1 aliphatic rings. The molecule has 4 heteroatoms. The van der Waals surface area contributed by atoms with Gasteiger partial charge in [-0.05, 0) is 25.1 Å². The third kappa shape index (κ3) is 2.91. The van der Waals surface area contributed by atoms with Gasteiger partial charge in [-0.25, -0.2) is 0 Å². The van der Waals surface area contributed by atoms with E-state index < -0.39 is 0 Å². The molecular formula is C13H12O4. The van der Waals surface area contributed by atoms with Gasteiger partial charge in [0, 0.05) is 5.56 Å². The lowest BCUT2D eigenvalue weighted by molar-refractivity contribution is -0.141. The van der Waals surface area contributed by atoms with Gasteiger partial charge < -0.3 is 14.2 Å². The minimum Gasteiger partial charge on any atom is -0.465 e. The Bertz CT molecular complexity index is 482. The number of ether oxygens (including phenoxy) is 3. The van der Waals surface area contributed by atoms with Crippen molar-refractivity contribution in [2.45, 2.75) is 13.3 Å². The molecule has 1 heterocycles. The first-order valence-corrected chi connectivity index (χ1v) is 5.33. The van der Waals surface area contributed by atoms with E-state index >= 15 is 0 Å². The summed E-state index contributed by atoms with van der Waals surface area (Å²) in [7, 11) is 0. The van der Waals surface area contributed by atoms with Crippen LogP contribution in [0.3, 0.4) is 0 Å². The molecular weight excluding hydrogens is 220 g/mol. The average Bonchev–Trinajstić information content (AvgIpc) is 2.76. The molecule has 88 valence electrons. The highest BCUT2D eigenvalue weighted by molar-refractivity contribution is 5.72. The number of carbonyl (C=O) groups is 1. The molecule has 4 nitrogen and oxygen atoms in total. The van der Waals surface area contributed by atoms with Crippen LogP contribution in [0.15, 0.2) is 18.2 Å². The number of fused-ring (bicyclic) bond motifs is 1. The zero-order valence-electron chi connectivity index (χ0n) is 9.49. The van der Waals surface area contributed by atoms with Gasteiger partial charge in [-0.3, -0.25) is 4.79 Å². The van der Waals surface area contributed by atoms with Crippen LogP contribution in [0, 0.1) is 11.8 Å². The van der Waals surface area contributed by atoms with E-state index in [-0.39, 0.29) is 19.2 Å². The molecule has 0 saturated heterocycles. The second-order valence-electron chi connectivity index (χ2n) is 3.35. The van der Waals surface area contributed by atoms with Crippen LogP contribution in [0.1, 0.15) is 18.9 Å². The van der Waals surface area contributed by atoms with E-state index in [0.29, 0.717) is 12.4 Å². The van der Waals surface area contributed by atoms with E-state index in [4.69, 9.17) is 14.2 Å². The van der Waals surface area contributed by atoms with Crippen LogP contribution < -0.4 is 9.47 Å². The van der Waals surface area contributed by atoms with E-state index in [1.54, 1.807) is 19.1 Å². The highest BCUT2D eigenvalue weighted by Crippen LogP contribution is 2.32. The lowest BCUT2D eigenvalue weighted by atomic mass is 10.2. The van der Waals surface area contributed by atoms with Gasteiger partial charge in [0.15, 0.2) is 11.5 Å². The van der Waals surface area contributed by atoms with Crippen LogP contribution in [0.2, 0.25) is 0 Å². The van der Waals surface area contributed by atoms with Crippen LogP contribution in [-0.4, -0.2) is 19.4 Å². The molecule has 17 heavy (non-hydrogen) atoms. The summed E-state index contributed by atoms with van der Waals surface area (Å²) in [5.41, 5.74) is 0.790. The van der Waals surface area contributed by atoms with Crippen molar-refractivity contribution >= 4 is 5.97 Å². The molecule has 2 rings (SSSR count). The van der Waals surface area contributed by atoms with Crippen molar-refractivity contribution in [3.05, 3.63) is 23.8 Å². The summed E-state index contributed by atoms with van der Waals surface area (Å²) in [6.07, 6.45) is 0.0995. The average molecular weight is 232 g/mol. The van der Waals surface area contributed by atoms with Crippen LogP contribution in [0.5, 0.6) is 11.5 Å². The summed E-state index contributed by atoms with van der Waals surface area (Å²) >= 11 is 0. The summed E-state index contributed by atoms with van der Waals surface area (Å²) in [5, 5.41) is 0. The Morgan fingerprint density at radius 1 is 1.41 bits per heavy atom. The third-order valence-corrected chi connectivity index (χ3v) is 2.14. The summed E-state index contributed by atoms with van der Waals surface area (Å²) < 4.78 is 15.2. The molecule has 0 aliphatic carbocycles. The Morgan fingerprint density at radius 3 is 3.06 bits per heavy atom. The van der Waals surface area contributed by atoms with Crippen molar-refractivity contribution < 1.29 is 19.0 Å². The van der Waals surface area contributed by atoms with Crippen molar-refractivity contribution in [1.29, 1.82) is 0 Å². The Labute approximate surface area is 99.5 Å². The first-order valence-electron chi connectivity index (χ1n) is 5.33. The van der Waals surface area contributed by atoms with E-state index in [1.807, 2.05) is 6.07 Å². The molecule has 1 aliphatic heterocycles. The lowest BCUT2D eigenvalue weighted by Crippen LogP contribution is -2.01. The number of esters is 1. The van der Waals surface area contributed by atoms with Gasteiger partial charge in [-0.15, -0.1) is 0 Å². The molecule has 0 amide bonds. The Hall–Kier alpha value is -2.15. The largest absolute Gasteiger partial charge is 0.465 e. The van der Waals surface area contributed by atoms with Crippen molar-refractivity contribution in [3.8, 4) is 23.3 Å². The van der Waals surface area contributed by atoms with Gasteiger partial charge >= 0.3 is 5.97 Å². The van der Waals surface area contributed by atoms with Gasteiger partial charge in [0.2, 0.25) is 6.79 Å². The molecule has 0 fully saturated rings. The fourth-order valence-corrected chi connectivity index (χ4v) is 1.40. The maximum Gasteiger partial charge on any atom is 0.317 e. The summed E-state index contributed by atoms with van der Waals surface area (Å²) in [5.74, 6) is 6.74. The number of rotatable bonds is 2. The molecule has 0 bridgehead atoms. The normalized spacial score (nSPS) is 11.6. The summed E-state index contributed by atoms with van der Waals surface area (Å²) in [4.78, 5) is 11.1. The van der Waals surface area contributed by atoms with Crippen LogP contribution in [0.4, 0.5) is 0 Å². The van der Waals surface area contributed by atoms with E-state index in [2.05, 4.69) is 11.8 Å². The van der Waals surface area contributed by atoms with Gasteiger partial charge in [0.25, 0.3) is 0 Å². The number of carbonyl (C=O) groups excluding carboxylic acids is 1. The van der Waals surface area contributed by atoms with Gasteiger partial charge in [-0.2, -0.15) is 0 Å². The van der Waals surface area contributed by atoms with Gasteiger partial charge in [-0.1, -0.05) is 11.8 Å². The summed E-state index contributed by atoms with van der Waals surface area (Å²) in [6.45, 7) is 2.39. The molecule has 1 aromatic rings. The number of hydrogen-bond acceptors (Lipinski definition) is 4. The summed E-state index contributed by atoms with van der Waals surface area (Å²) in [6, 6.07) is 5.42. The monoisotopic (exact) mass is 232 g/mol. The minimum atomic E-state index is -0.305. The Balaban J connectivity index is 1.99. The predicted molar refractivity (Wildman–Crippen MR) is 60.7 cm³/mol. The number of hydrogen-bond donors (Lipinski definition) is 0. The molecule has 0 unspecified atom stereocenters. The predicted octanol–water partition coefficient (Wildman–Crippen LogP) is 1.72. The molecule has 0 atom stereocenters. The standard InChI is InChI=1S/C13H12O4/c1-2-15-13(14)5-3-4-10-6-7-11-12(8-10)17-9-16-11/h6-8H,2,5,9H2,1H3. The van der Waals surface area contributed by atoms with E-state index in [1.165, 1.54) is 0 Å². The maximum absolute atomic E-state index is 11.1. The second-order valence-corrected chi connectivity index (χ2v) is 3.35. The van der Waals surface area contributed by atoms with Crippen LogP contribution in [0.25, 0.3) is 0 Å². The second kappa shape index (κ2) is 5.26. The third-order valence-electron chi connectivity index (χ3n) is 2.14. The Morgan fingerprint density at radius 2 is 2.24 bits per heavy atom. The first kappa shape index (κ1) is 11.3. The van der Waals surface area contributed by atoms with E-state index in [0.717, 1.165) is 11.3 Å². The lowest BCUT2D eigenvalue weighted by Gasteiger charge is -1.96. The van der Waals surface area contributed by atoms with Crippen molar-refractivity contribution in [1.82, 2.24) is 0 Å². The van der Waals surface area contributed by atoms with Gasteiger partial charge in [0.1, 0.15) is 6.42 Å². The van der Waals surface area contributed by atoms with E-state index in [9.17, 15) is 4.79 Å². The maximum atomic E-state index is 11.1. The van der Waals surface area contributed by atoms with Crippen molar-refractivity contribution in [2.75, 3.05) is 13.4 Å². The van der Waals surface area contributed by atoms with Gasteiger partial charge in [0.05, 0.1) is 6.61 Å². The topological polar surface area (TPSA) is 44.8 Å². The molecule has 0 N–H and O–H groups in total. The van der Waals surface area contributed by atoms with Crippen LogP contribution in [-0.2, 0) is 9.53 Å². The smallest absolute Gasteiger partial charge is 0.317 e. The highest BCUT2D eigenvalue weighted by Gasteiger charge is 2.12. The van der Waals surface area contributed by atoms with Crippen molar-refractivity contribution in [2.24, 2.45) is 0 Å². The van der Waals surface area contributed by atoms with Crippen molar-refractivity contribution in [3.63, 3.8) is 0 Å². The quantitative estimate of drug-likeness (QED) is 0.575. The highest BCUT2D eigenvalue weighted by atomic mass is 16.7. The van der Waals surface area contributed by atoms with Crippen LogP contribution >= 0.6 is 0 Å². The fourth-order valence-electron chi connectivity index (χ4n) is 1.40. The zero-order valence-corrected chi connectivity index (χ0v) is 9.49. The molecule has 0 saturated carbocycles. The molecule has 0 spiro atoms. The zero-order chi connectivity index (χ0) is 12.1. The Kier molecular flexibility index (Phi) is 3.51. The number of benzene rings is 1. The molecule has 0 radical (unpaired) electrons. The first-order chi connectivity index (χ1) is 8.29. The SMILES string of the molecule is CCOC(=O)CC#Cc1ccc2c(c1)OCO2. The molecule has 0 aromatic heterocycles. The molecule has 1 aromatic carbocycles.